The van der Waals surface area contributed by atoms with Gasteiger partial charge in [0.2, 0.25) is 0 Å². The van der Waals surface area contributed by atoms with Gasteiger partial charge in [0.25, 0.3) is 5.56 Å². The lowest BCUT2D eigenvalue weighted by Crippen LogP contribution is -2.20. The third-order valence-electron chi connectivity index (χ3n) is 1.97. The maximum atomic E-state index is 11.4. The second-order valence-electron chi connectivity index (χ2n) is 2.74. The number of rotatable bonds is 1. The summed E-state index contributed by atoms with van der Waals surface area (Å²) in [7, 11) is 8.50. The van der Waals surface area contributed by atoms with Crippen LogP contribution in [0.4, 0.5) is 0 Å². The van der Waals surface area contributed by atoms with E-state index in [0.717, 1.165) is 27.0 Å². The quantitative estimate of drug-likeness (QED) is 0.699. The first kappa shape index (κ1) is 9.68. The first-order valence-corrected chi connectivity index (χ1v) is 5.17. The SMILES string of the molecule is Cc1c(SCl)cn(C)c(=O)c1C. The molecule has 0 aliphatic heterocycles. The van der Waals surface area contributed by atoms with Gasteiger partial charge in [-0.1, -0.05) is 0 Å². The van der Waals surface area contributed by atoms with Crippen LogP contribution >= 0.6 is 21.7 Å². The molecular formula is C8H10ClNOS. The lowest BCUT2D eigenvalue weighted by atomic mass is 10.2. The van der Waals surface area contributed by atoms with E-state index in [1.807, 2.05) is 13.8 Å². The molecule has 2 nitrogen and oxygen atoms in total. The number of hydrogen-bond donors (Lipinski definition) is 0. The van der Waals surface area contributed by atoms with Crippen molar-refractivity contribution in [3.05, 3.63) is 27.7 Å². The minimum atomic E-state index is 0.0435. The molecule has 66 valence electrons. The van der Waals surface area contributed by atoms with Gasteiger partial charge in [0.1, 0.15) is 0 Å². The predicted octanol–water partition coefficient (Wildman–Crippen LogP) is 2.25. The molecule has 0 atom stereocenters. The third kappa shape index (κ3) is 1.52. The number of pyridine rings is 1. The molecule has 0 radical (unpaired) electrons. The largest absolute Gasteiger partial charge is 0.317 e. The van der Waals surface area contributed by atoms with Gasteiger partial charge in [-0.3, -0.25) is 4.79 Å². The van der Waals surface area contributed by atoms with E-state index in [4.69, 9.17) is 10.7 Å². The van der Waals surface area contributed by atoms with E-state index >= 15 is 0 Å². The number of hydrogen-bond acceptors (Lipinski definition) is 2. The lowest BCUT2D eigenvalue weighted by molar-refractivity contribution is 0.819. The Labute approximate surface area is 80.0 Å². The molecule has 1 rings (SSSR count). The van der Waals surface area contributed by atoms with Crippen molar-refractivity contribution in [3.63, 3.8) is 0 Å². The number of halogens is 1. The highest BCUT2D eigenvalue weighted by Gasteiger charge is 2.06. The standard InChI is InChI=1S/C8H10ClNOS/c1-5-6(2)8(11)10(3)4-7(5)12-9/h4H,1-3H3. The van der Waals surface area contributed by atoms with Crippen LogP contribution in [-0.2, 0) is 7.05 Å². The highest BCUT2D eigenvalue weighted by Crippen LogP contribution is 2.25. The minimum Gasteiger partial charge on any atom is -0.317 e. The molecular weight excluding hydrogens is 194 g/mol. The highest BCUT2D eigenvalue weighted by molar-refractivity contribution is 8.21. The Kier molecular flexibility index (Phi) is 2.85. The van der Waals surface area contributed by atoms with E-state index in [2.05, 4.69) is 0 Å². The molecule has 4 heteroatoms. The van der Waals surface area contributed by atoms with Crippen molar-refractivity contribution in [1.29, 1.82) is 0 Å². The highest BCUT2D eigenvalue weighted by atomic mass is 35.7. The summed E-state index contributed by atoms with van der Waals surface area (Å²) in [5, 5.41) is 0. The zero-order valence-corrected chi connectivity index (χ0v) is 8.79. The molecule has 0 bridgehead atoms. The summed E-state index contributed by atoms with van der Waals surface area (Å²) >= 11 is 0. The molecule has 0 unspecified atom stereocenters. The molecule has 0 saturated carbocycles. The summed E-state index contributed by atoms with van der Waals surface area (Å²) in [6, 6.07) is 0. The lowest BCUT2D eigenvalue weighted by Gasteiger charge is -2.06. The van der Waals surface area contributed by atoms with Crippen molar-refractivity contribution in [2.45, 2.75) is 18.7 Å². The van der Waals surface area contributed by atoms with Crippen molar-refractivity contribution < 1.29 is 0 Å². The molecule has 0 saturated heterocycles. The van der Waals surface area contributed by atoms with Crippen LogP contribution in [0.3, 0.4) is 0 Å². The minimum absolute atomic E-state index is 0.0435. The molecule has 0 aliphatic rings. The van der Waals surface area contributed by atoms with Gasteiger partial charge in [0, 0.05) is 23.7 Å². The van der Waals surface area contributed by atoms with Gasteiger partial charge < -0.3 is 4.57 Å². The van der Waals surface area contributed by atoms with Crippen molar-refractivity contribution >= 4 is 21.7 Å². The van der Waals surface area contributed by atoms with E-state index < -0.39 is 0 Å². The molecule has 1 heterocycles. The van der Waals surface area contributed by atoms with Gasteiger partial charge in [0.15, 0.2) is 0 Å². The van der Waals surface area contributed by atoms with E-state index in [1.54, 1.807) is 17.8 Å². The molecule has 0 N–H and O–H groups in total. The van der Waals surface area contributed by atoms with Gasteiger partial charge >= 0.3 is 0 Å². The monoisotopic (exact) mass is 203 g/mol. The zero-order chi connectivity index (χ0) is 9.30. The topological polar surface area (TPSA) is 22.0 Å². The van der Waals surface area contributed by atoms with Crippen LogP contribution in [0.5, 0.6) is 0 Å². The summed E-state index contributed by atoms with van der Waals surface area (Å²) in [6.07, 6.45) is 1.75. The fourth-order valence-electron chi connectivity index (χ4n) is 1.02. The predicted molar refractivity (Wildman–Crippen MR) is 52.9 cm³/mol. The maximum absolute atomic E-state index is 11.4. The smallest absolute Gasteiger partial charge is 0.253 e. The second kappa shape index (κ2) is 3.54. The first-order chi connectivity index (χ1) is 5.57. The molecule has 12 heavy (non-hydrogen) atoms. The van der Waals surface area contributed by atoms with Crippen LogP contribution in [0, 0.1) is 13.8 Å². The van der Waals surface area contributed by atoms with Crippen molar-refractivity contribution in [3.8, 4) is 0 Å². The molecule has 0 aliphatic carbocycles. The average Bonchev–Trinajstić information content (AvgIpc) is 2.08. The number of aryl methyl sites for hydroxylation is 1. The van der Waals surface area contributed by atoms with Crippen molar-refractivity contribution in [2.24, 2.45) is 7.05 Å². The van der Waals surface area contributed by atoms with E-state index in [9.17, 15) is 4.79 Å². The van der Waals surface area contributed by atoms with E-state index in [-0.39, 0.29) is 5.56 Å². The molecule has 1 aromatic rings. The fourth-order valence-corrected chi connectivity index (χ4v) is 1.95. The fraction of sp³-hybridized carbons (Fsp3) is 0.375. The van der Waals surface area contributed by atoms with Crippen LogP contribution in [0.25, 0.3) is 0 Å². The summed E-state index contributed by atoms with van der Waals surface area (Å²) in [5.41, 5.74) is 1.78. The maximum Gasteiger partial charge on any atom is 0.253 e. The molecule has 0 fully saturated rings. The summed E-state index contributed by atoms with van der Waals surface area (Å²) in [4.78, 5) is 12.3. The molecule has 0 amide bonds. The van der Waals surface area contributed by atoms with Gasteiger partial charge in [0.05, 0.1) is 0 Å². The van der Waals surface area contributed by atoms with Crippen LogP contribution in [0.2, 0.25) is 0 Å². The summed E-state index contributed by atoms with van der Waals surface area (Å²) in [6.45, 7) is 3.72. The molecule has 0 aromatic carbocycles. The Bertz CT molecular complexity index is 359. The van der Waals surface area contributed by atoms with Gasteiger partial charge in [-0.2, -0.15) is 0 Å². The second-order valence-corrected chi connectivity index (χ2v) is 3.79. The first-order valence-electron chi connectivity index (χ1n) is 3.53. The van der Waals surface area contributed by atoms with Crippen molar-refractivity contribution in [1.82, 2.24) is 4.57 Å². The normalized spacial score (nSPS) is 10.3. The summed E-state index contributed by atoms with van der Waals surface area (Å²) < 4.78 is 1.55. The number of nitrogens with zero attached hydrogens (tertiary/aromatic N) is 1. The van der Waals surface area contributed by atoms with Crippen molar-refractivity contribution in [2.75, 3.05) is 0 Å². The Balaban J connectivity index is 3.50. The Morgan fingerprint density at radius 2 is 2.00 bits per heavy atom. The van der Waals surface area contributed by atoms with E-state index in [0.29, 0.717) is 0 Å². The van der Waals surface area contributed by atoms with Crippen LogP contribution in [-0.4, -0.2) is 4.57 Å². The summed E-state index contributed by atoms with van der Waals surface area (Å²) in [5.74, 6) is 0. The molecule has 0 spiro atoms. The van der Waals surface area contributed by atoms with Gasteiger partial charge in [-0.05, 0) is 41.1 Å². The average molecular weight is 204 g/mol. The van der Waals surface area contributed by atoms with Crippen LogP contribution in [0.1, 0.15) is 11.1 Å². The Hall–Kier alpha value is -0.410. The van der Waals surface area contributed by atoms with Crippen LogP contribution in [0.15, 0.2) is 15.9 Å². The Morgan fingerprint density at radius 1 is 1.42 bits per heavy atom. The third-order valence-corrected chi connectivity index (χ3v) is 3.04. The van der Waals surface area contributed by atoms with Crippen LogP contribution < -0.4 is 5.56 Å². The molecule has 1 aromatic heterocycles. The van der Waals surface area contributed by atoms with Gasteiger partial charge in [-0.25, -0.2) is 0 Å². The van der Waals surface area contributed by atoms with E-state index in [1.165, 1.54) is 0 Å². The number of aromatic nitrogens is 1. The Morgan fingerprint density at radius 3 is 2.50 bits per heavy atom. The zero-order valence-electron chi connectivity index (χ0n) is 7.22. The van der Waals surface area contributed by atoms with Gasteiger partial charge in [-0.15, -0.1) is 0 Å².